The van der Waals surface area contributed by atoms with Crippen molar-refractivity contribution in [2.24, 2.45) is 0 Å². The molecule has 0 saturated heterocycles. The van der Waals surface area contributed by atoms with E-state index in [0.29, 0.717) is 0 Å². The minimum atomic E-state index is -0.606. The van der Waals surface area contributed by atoms with Crippen molar-refractivity contribution < 1.29 is 5.11 Å². The van der Waals surface area contributed by atoms with Crippen molar-refractivity contribution in [3.8, 4) is 0 Å². The minimum Gasteiger partial charge on any atom is -0.384 e. The molecule has 0 saturated carbocycles. The fourth-order valence-corrected chi connectivity index (χ4v) is 3.20. The van der Waals surface area contributed by atoms with Crippen LogP contribution in [0.2, 0.25) is 0 Å². The molecule has 2 nitrogen and oxygen atoms in total. The van der Waals surface area contributed by atoms with Gasteiger partial charge in [-0.15, -0.1) is 11.3 Å². The van der Waals surface area contributed by atoms with Crippen LogP contribution in [0.4, 0.5) is 0 Å². The lowest BCUT2D eigenvalue weighted by Gasteiger charge is -2.12. The molecule has 3 rings (SSSR count). The summed E-state index contributed by atoms with van der Waals surface area (Å²) in [7, 11) is 0. The lowest BCUT2D eigenvalue weighted by Crippen LogP contribution is -2.01. The molecule has 0 aliphatic heterocycles. The van der Waals surface area contributed by atoms with Gasteiger partial charge in [-0.1, -0.05) is 37.6 Å². The van der Waals surface area contributed by atoms with Crippen LogP contribution >= 0.6 is 11.3 Å². The van der Waals surface area contributed by atoms with Crippen molar-refractivity contribution in [2.45, 2.75) is 25.9 Å². The van der Waals surface area contributed by atoms with Crippen molar-refractivity contribution in [3.63, 3.8) is 0 Å². The third-order valence-electron chi connectivity index (χ3n) is 3.45. The zero-order valence-corrected chi connectivity index (χ0v) is 12.2. The number of pyridine rings is 1. The van der Waals surface area contributed by atoms with Gasteiger partial charge in [0.25, 0.3) is 0 Å². The highest BCUT2D eigenvalue weighted by Crippen LogP contribution is 2.27. The summed E-state index contributed by atoms with van der Waals surface area (Å²) in [6.07, 6.45) is 3.32. The third-order valence-corrected chi connectivity index (χ3v) is 4.30. The highest BCUT2D eigenvalue weighted by Gasteiger charge is 2.12. The van der Waals surface area contributed by atoms with E-state index in [9.17, 15) is 5.11 Å². The molecular formula is C17H17NOS. The molecule has 0 aliphatic rings. The van der Waals surface area contributed by atoms with Gasteiger partial charge >= 0.3 is 0 Å². The first-order valence-electron chi connectivity index (χ1n) is 6.88. The predicted molar refractivity (Wildman–Crippen MR) is 84.1 cm³/mol. The molecule has 1 N–H and O–H groups in total. The summed E-state index contributed by atoms with van der Waals surface area (Å²) in [6, 6.07) is 12.2. The summed E-state index contributed by atoms with van der Waals surface area (Å²) in [5.74, 6) is 0. The quantitative estimate of drug-likeness (QED) is 0.773. The van der Waals surface area contributed by atoms with Crippen LogP contribution in [0.25, 0.3) is 10.2 Å². The van der Waals surface area contributed by atoms with Gasteiger partial charge in [0.05, 0.1) is 10.2 Å². The summed E-state index contributed by atoms with van der Waals surface area (Å²) in [4.78, 5) is 4.40. The topological polar surface area (TPSA) is 33.1 Å². The van der Waals surface area contributed by atoms with Crippen LogP contribution in [0.3, 0.4) is 0 Å². The summed E-state index contributed by atoms with van der Waals surface area (Å²) >= 11 is 1.65. The van der Waals surface area contributed by atoms with E-state index in [1.54, 1.807) is 17.5 Å². The Morgan fingerprint density at radius 2 is 2.10 bits per heavy atom. The van der Waals surface area contributed by atoms with Gasteiger partial charge in [0.15, 0.2) is 0 Å². The van der Waals surface area contributed by atoms with Gasteiger partial charge in [-0.25, -0.2) is 0 Å². The number of aliphatic hydroxyl groups is 1. The fraction of sp³-hybridized carbons (Fsp3) is 0.235. The van der Waals surface area contributed by atoms with Crippen molar-refractivity contribution >= 4 is 21.6 Å². The average molecular weight is 283 g/mol. The zero-order chi connectivity index (χ0) is 13.9. The first-order valence-corrected chi connectivity index (χ1v) is 7.76. The number of rotatable bonds is 4. The maximum atomic E-state index is 10.5. The maximum absolute atomic E-state index is 10.5. The smallest absolute Gasteiger partial charge is 0.106 e. The molecule has 2 heterocycles. The van der Waals surface area contributed by atoms with Crippen molar-refractivity contribution in [1.29, 1.82) is 0 Å². The molecule has 102 valence electrons. The molecular weight excluding hydrogens is 266 g/mol. The Morgan fingerprint density at radius 1 is 1.20 bits per heavy atom. The predicted octanol–water partition coefficient (Wildman–Crippen LogP) is 4.33. The van der Waals surface area contributed by atoms with Crippen LogP contribution < -0.4 is 0 Å². The van der Waals surface area contributed by atoms with Crippen LogP contribution in [-0.2, 0) is 6.42 Å². The van der Waals surface area contributed by atoms with E-state index in [1.807, 2.05) is 29.6 Å². The Kier molecular flexibility index (Phi) is 3.81. The molecule has 3 aromatic rings. The number of hydrogen-bond acceptors (Lipinski definition) is 3. The van der Waals surface area contributed by atoms with Gasteiger partial charge in [0.1, 0.15) is 6.10 Å². The first kappa shape index (κ1) is 13.3. The van der Waals surface area contributed by atoms with E-state index < -0.39 is 6.10 Å². The zero-order valence-electron chi connectivity index (χ0n) is 11.4. The summed E-state index contributed by atoms with van der Waals surface area (Å²) in [5.41, 5.74) is 4.06. The van der Waals surface area contributed by atoms with Crippen molar-refractivity contribution in [2.75, 3.05) is 0 Å². The molecule has 0 spiro atoms. The van der Waals surface area contributed by atoms with E-state index in [2.05, 4.69) is 24.0 Å². The summed E-state index contributed by atoms with van der Waals surface area (Å²) < 4.78 is 1.12. The van der Waals surface area contributed by atoms with Gasteiger partial charge < -0.3 is 5.11 Å². The monoisotopic (exact) mass is 283 g/mol. The molecule has 1 unspecified atom stereocenters. The van der Waals surface area contributed by atoms with Gasteiger partial charge in [-0.3, -0.25) is 4.98 Å². The van der Waals surface area contributed by atoms with Gasteiger partial charge in [0, 0.05) is 11.8 Å². The van der Waals surface area contributed by atoms with Crippen molar-refractivity contribution in [1.82, 2.24) is 4.98 Å². The molecule has 0 fully saturated rings. The van der Waals surface area contributed by atoms with Crippen LogP contribution in [0.15, 0.2) is 48.0 Å². The number of fused-ring (bicyclic) bond motifs is 1. The van der Waals surface area contributed by atoms with Crippen LogP contribution in [0, 0.1) is 0 Å². The molecule has 0 amide bonds. The number of aryl methyl sites for hydroxylation is 1. The van der Waals surface area contributed by atoms with E-state index in [0.717, 1.165) is 34.2 Å². The number of hydrogen-bond donors (Lipinski definition) is 1. The average Bonchev–Trinajstić information content (AvgIpc) is 2.94. The molecule has 1 atom stereocenters. The lowest BCUT2D eigenvalue weighted by atomic mass is 9.99. The Bertz CT molecular complexity index is 720. The third kappa shape index (κ3) is 2.60. The minimum absolute atomic E-state index is 0.606. The van der Waals surface area contributed by atoms with Crippen LogP contribution in [-0.4, -0.2) is 10.1 Å². The molecule has 2 aromatic heterocycles. The number of benzene rings is 1. The maximum Gasteiger partial charge on any atom is 0.106 e. The molecule has 1 aromatic carbocycles. The van der Waals surface area contributed by atoms with Gasteiger partial charge in [0.2, 0.25) is 0 Å². The van der Waals surface area contributed by atoms with E-state index >= 15 is 0 Å². The van der Waals surface area contributed by atoms with Crippen molar-refractivity contribution in [3.05, 3.63) is 64.7 Å². The molecule has 0 bridgehead atoms. The molecule has 0 aliphatic carbocycles. The number of aliphatic hydroxyl groups excluding tert-OH is 1. The largest absolute Gasteiger partial charge is 0.384 e. The summed E-state index contributed by atoms with van der Waals surface area (Å²) in [5, 5.41) is 12.6. The second kappa shape index (κ2) is 5.73. The second-order valence-corrected chi connectivity index (χ2v) is 5.92. The van der Waals surface area contributed by atoms with Gasteiger partial charge in [-0.05, 0) is 35.1 Å². The number of nitrogens with zero attached hydrogens (tertiary/aromatic N) is 1. The SMILES string of the molecule is CCCc1cccc(C(O)c2cnc3ccsc3c2)c1. The molecule has 0 radical (unpaired) electrons. The fourth-order valence-electron chi connectivity index (χ4n) is 2.41. The Balaban J connectivity index is 1.94. The lowest BCUT2D eigenvalue weighted by molar-refractivity contribution is 0.220. The normalized spacial score (nSPS) is 12.7. The Morgan fingerprint density at radius 3 is 2.95 bits per heavy atom. The van der Waals surface area contributed by atoms with Crippen LogP contribution in [0.5, 0.6) is 0 Å². The standard InChI is InChI=1S/C17H17NOS/c1-2-4-12-5-3-6-13(9-12)17(19)14-10-16-15(18-11-14)7-8-20-16/h3,5-11,17,19H,2,4H2,1H3. The molecule has 20 heavy (non-hydrogen) atoms. The van der Waals surface area contributed by atoms with E-state index in [1.165, 1.54) is 5.56 Å². The highest BCUT2D eigenvalue weighted by atomic mass is 32.1. The summed E-state index contributed by atoms with van der Waals surface area (Å²) in [6.45, 7) is 2.16. The van der Waals surface area contributed by atoms with Crippen LogP contribution in [0.1, 0.15) is 36.1 Å². The van der Waals surface area contributed by atoms with E-state index in [-0.39, 0.29) is 0 Å². The molecule has 3 heteroatoms. The second-order valence-electron chi connectivity index (χ2n) is 4.97. The number of thiophene rings is 1. The van der Waals surface area contributed by atoms with Gasteiger partial charge in [-0.2, -0.15) is 0 Å². The van der Waals surface area contributed by atoms with E-state index in [4.69, 9.17) is 0 Å². The highest BCUT2D eigenvalue weighted by molar-refractivity contribution is 7.17. The Labute approximate surface area is 122 Å². The number of aromatic nitrogens is 1. The first-order chi connectivity index (χ1) is 9.78. The Hall–Kier alpha value is -1.71.